The van der Waals surface area contributed by atoms with Crippen LogP contribution in [0.1, 0.15) is 0 Å². The highest BCUT2D eigenvalue weighted by atomic mass is 79.9. The third kappa shape index (κ3) is 3.37. The summed E-state index contributed by atoms with van der Waals surface area (Å²) < 4.78 is 7.54. The number of ether oxygens (including phenoxy) is 1. The molecule has 1 aromatic heterocycles. The van der Waals surface area contributed by atoms with Crippen molar-refractivity contribution in [1.82, 2.24) is 14.7 Å². The zero-order valence-corrected chi connectivity index (χ0v) is 9.69. The summed E-state index contributed by atoms with van der Waals surface area (Å²) in [4.78, 5) is 12.4. The number of hydrogen-bond acceptors (Lipinski definition) is 3. The van der Waals surface area contributed by atoms with E-state index in [1.165, 1.54) is 4.90 Å². The van der Waals surface area contributed by atoms with E-state index in [9.17, 15) is 4.79 Å². The van der Waals surface area contributed by atoms with Crippen LogP contribution in [-0.4, -0.2) is 41.5 Å². The molecule has 1 aromatic rings. The van der Waals surface area contributed by atoms with Gasteiger partial charge in [-0.3, -0.25) is 4.68 Å². The first-order valence-corrected chi connectivity index (χ1v) is 4.91. The number of aromatic nitrogens is 2. The molecular weight excluding hydrogens is 250 g/mol. The van der Waals surface area contributed by atoms with Crippen molar-refractivity contribution in [2.75, 3.05) is 20.7 Å². The number of amides is 1. The van der Waals surface area contributed by atoms with E-state index in [1.807, 2.05) is 6.20 Å². The first kappa shape index (κ1) is 11.0. The Morgan fingerprint density at radius 3 is 2.93 bits per heavy atom. The molecule has 0 aliphatic rings. The van der Waals surface area contributed by atoms with Crippen LogP contribution in [0.4, 0.5) is 4.79 Å². The predicted molar refractivity (Wildman–Crippen MR) is 55.0 cm³/mol. The van der Waals surface area contributed by atoms with Gasteiger partial charge in [0, 0.05) is 20.3 Å². The van der Waals surface area contributed by atoms with E-state index in [1.54, 1.807) is 25.0 Å². The largest absolute Gasteiger partial charge is 0.447 e. The fourth-order valence-corrected chi connectivity index (χ4v) is 1.14. The second kappa shape index (κ2) is 4.99. The first-order chi connectivity index (χ1) is 6.59. The van der Waals surface area contributed by atoms with Gasteiger partial charge in [-0.05, 0) is 15.9 Å². The van der Waals surface area contributed by atoms with Crippen LogP contribution in [0, 0.1) is 0 Å². The van der Waals surface area contributed by atoms with E-state index in [0.717, 1.165) is 4.47 Å². The lowest BCUT2D eigenvalue weighted by Crippen LogP contribution is -2.24. The molecule has 0 fully saturated rings. The molecule has 0 N–H and O–H groups in total. The molecule has 0 aliphatic heterocycles. The highest BCUT2D eigenvalue weighted by molar-refractivity contribution is 9.10. The molecule has 1 amide bonds. The van der Waals surface area contributed by atoms with E-state index >= 15 is 0 Å². The molecule has 0 saturated carbocycles. The molecule has 0 radical (unpaired) electrons. The minimum Gasteiger partial charge on any atom is -0.447 e. The molecule has 1 rings (SSSR count). The number of hydrogen-bond donors (Lipinski definition) is 0. The second-order valence-electron chi connectivity index (χ2n) is 2.93. The summed E-state index contributed by atoms with van der Waals surface area (Å²) in [5, 5.41) is 4.02. The van der Waals surface area contributed by atoms with Crippen molar-refractivity contribution >= 4 is 22.0 Å². The maximum absolute atomic E-state index is 11.0. The molecule has 6 heteroatoms. The van der Waals surface area contributed by atoms with Crippen molar-refractivity contribution in [3.63, 3.8) is 0 Å². The molecule has 0 saturated heterocycles. The lowest BCUT2D eigenvalue weighted by Gasteiger charge is -2.10. The summed E-state index contributed by atoms with van der Waals surface area (Å²) in [5.74, 6) is 0. The Bertz CT molecular complexity index is 311. The molecule has 1 heterocycles. The van der Waals surface area contributed by atoms with Crippen LogP contribution in [0.3, 0.4) is 0 Å². The molecule has 0 bridgehead atoms. The van der Waals surface area contributed by atoms with Gasteiger partial charge in [0.1, 0.15) is 6.61 Å². The third-order valence-electron chi connectivity index (χ3n) is 1.51. The maximum atomic E-state index is 11.0. The summed E-state index contributed by atoms with van der Waals surface area (Å²) in [6.07, 6.45) is 3.17. The summed E-state index contributed by atoms with van der Waals surface area (Å²) in [5.41, 5.74) is 0. The van der Waals surface area contributed by atoms with Gasteiger partial charge in [-0.2, -0.15) is 5.10 Å². The van der Waals surface area contributed by atoms with E-state index < -0.39 is 0 Å². The van der Waals surface area contributed by atoms with Gasteiger partial charge >= 0.3 is 6.09 Å². The SMILES string of the molecule is CN(C)C(=O)OCCn1cc(Br)cn1. The van der Waals surface area contributed by atoms with Crippen LogP contribution in [-0.2, 0) is 11.3 Å². The van der Waals surface area contributed by atoms with Gasteiger partial charge < -0.3 is 9.64 Å². The standard InChI is InChI=1S/C8H12BrN3O2/c1-11(2)8(13)14-4-3-12-6-7(9)5-10-12/h5-6H,3-4H2,1-2H3. The summed E-state index contributed by atoms with van der Waals surface area (Å²) >= 11 is 3.28. The van der Waals surface area contributed by atoms with Gasteiger partial charge in [-0.25, -0.2) is 4.79 Å². The number of carbonyl (C=O) groups excluding carboxylic acids is 1. The van der Waals surface area contributed by atoms with Crippen LogP contribution < -0.4 is 0 Å². The van der Waals surface area contributed by atoms with Crippen molar-refractivity contribution in [2.45, 2.75) is 6.54 Å². The van der Waals surface area contributed by atoms with Gasteiger partial charge in [0.15, 0.2) is 0 Å². The topological polar surface area (TPSA) is 47.4 Å². The number of carbonyl (C=O) groups is 1. The van der Waals surface area contributed by atoms with E-state index in [-0.39, 0.29) is 6.09 Å². The highest BCUT2D eigenvalue weighted by Gasteiger charge is 2.03. The van der Waals surface area contributed by atoms with Crippen molar-refractivity contribution in [2.24, 2.45) is 0 Å². The van der Waals surface area contributed by atoms with Gasteiger partial charge in [0.2, 0.25) is 0 Å². The Morgan fingerprint density at radius 1 is 1.71 bits per heavy atom. The average Bonchev–Trinajstić information content (AvgIpc) is 2.51. The smallest absolute Gasteiger partial charge is 0.409 e. The van der Waals surface area contributed by atoms with Gasteiger partial charge in [0.25, 0.3) is 0 Å². The summed E-state index contributed by atoms with van der Waals surface area (Å²) in [6.45, 7) is 0.885. The van der Waals surface area contributed by atoms with Crippen LogP contribution in [0.2, 0.25) is 0 Å². The fraction of sp³-hybridized carbons (Fsp3) is 0.500. The van der Waals surface area contributed by atoms with Crippen molar-refractivity contribution in [3.8, 4) is 0 Å². The summed E-state index contributed by atoms with van der Waals surface area (Å²) in [6, 6.07) is 0. The molecule has 14 heavy (non-hydrogen) atoms. The minimum absolute atomic E-state index is 0.325. The second-order valence-corrected chi connectivity index (χ2v) is 3.85. The van der Waals surface area contributed by atoms with Crippen LogP contribution in [0.25, 0.3) is 0 Å². The Balaban J connectivity index is 2.25. The molecular formula is C8H12BrN3O2. The quantitative estimate of drug-likeness (QED) is 0.825. The average molecular weight is 262 g/mol. The molecule has 0 spiro atoms. The van der Waals surface area contributed by atoms with Gasteiger partial charge in [0.05, 0.1) is 17.2 Å². The Labute approximate surface area is 90.8 Å². The van der Waals surface area contributed by atoms with Crippen molar-refractivity contribution in [3.05, 3.63) is 16.9 Å². The van der Waals surface area contributed by atoms with E-state index in [4.69, 9.17) is 4.74 Å². The highest BCUT2D eigenvalue weighted by Crippen LogP contribution is 2.05. The predicted octanol–water partition coefficient (Wildman–Crippen LogP) is 1.34. The minimum atomic E-state index is -0.337. The maximum Gasteiger partial charge on any atom is 0.409 e. The number of nitrogens with zero attached hydrogens (tertiary/aromatic N) is 3. The zero-order chi connectivity index (χ0) is 10.6. The Morgan fingerprint density at radius 2 is 2.43 bits per heavy atom. The lowest BCUT2D eigenvalue weighted by molar-refractivity contribution is 0.114. The molecule has 78 valence electrons. The zero-order valence-electron chi connectivity index (χ0n) is 8.11. The Hall–Kier alpha value is -1.04. The van der Waals surface area contributed by atoms with Gasteiger partial charge in [-0.15, -0.1) is 0 Å². The van der Waals surface area contributed by atoms with Crippen LogP contribution >= 0.6 is 15.9 Å². The third-order valence-corrected chi connectivity index (χ3v) is 1.92. The van der Waals surface area contributed by atoms with Crippen LogP contribution in [0.15, 0.2) is 16.9 Å². The Kier molecular flexibility index (Phi) is 3.94. The molecule has 0 unspecified atom stereocenters. The van der Waals surface area contributed by atoms with Crippen LogP contribution in [0.5, 0.6) is 0 Å². The molecule has 0 aromatic carbocycles. The normalized spacial score (nSPS) is 9.93. The molecule has 0 atom stereocenters. The van der Waals surface area contributed by atoms with Crippen molar-refractivity contribution in [1.29, 1.82) is 0 Å². The van der Waals surface area contributed by atoms with E-state index in [0.29, 0.717) is 13.2 Å². The number of rotatable bonds is 3. The summed E-state index contributed by atoms with van der Waals surface area (Å²) in [7, 11) is 3.29. The fourth-order valence-electron chi connectivity index (χ4n) is 0.816. The first-order valence-electron chi connectivity index (χ1n) is 4.11. The van der Waals surface area contributed by atoms with E-state index in [2.05, 4.69) is 21.0 Å². The number of halogens is 1. The molecule has 5 nitrogen and oxygen atoms in total. The van der Waals surface area contributed by atoms with Gasteiger partial charge in [-0.1, -0.05) is 0 Å². The lowest BCUT2D eigenvalue weighted by atomic mass is 10.7. The monoisotopic (exact) mass is 261 g/mol. The van der Waals surface area contributed by atoms with Crippen molar-refractivity contribution < 1.29 is 9.53 Å². The molecule has 0 aliphatic carbocycles.